The maximum absolute atomic E-state index is 12.2. The Hall–Kier alpha value is -2.30. The molecule has 0 spiro atoms. The van der Waals surface area contributed by atoms with Crippen LogP contribution in [0.5, 0.6) is 5.75 Å². The second-order valence-corrected chi connectivity index (χ2v) is 5.58. The molecule has 0 unspecified atom stereocenters. The molecule has 0 aliphatic carbocycles. The van der Waals surface area contributed by atoms with Gasteiger partial charge in [-0.1, -0.05) is 5.16 Å². The minimum Gasteiger partial charge on any atom is -0.493 e. The molecule has 0 saturated carbocycles. The molecular weight excluding hydrogens is 280 g/mol. The molecule has 3 rings (SSSR count). The number of ether oxygens (including phenoxy) is 1. The molecule has 1 aromatic heterocycles. The normalized spacial score (nSPS) is 12.8. The summed E-state index contributed by atoms with van der Waals surface area (Å²) in [6.07, 6.45) is 2.60. The topological polar surface area (TPSA) is 64.4 Å². The molecule has 2 aromatic rings. The molecule has 116 valence electrons. The summed E-state index contributed by atoms with van der Waals surface area (Å²) in [6, 6.07) is 5.61. The van der Waals surface area contributed by atoms with E-state index in [1.54, 1.807) is 0 Å². The summed E-state index contributed by atoms with van der Waals surface area (Å²) in [6.45, 7) is 5.20. The first kappa shape index (κ1) is 14.6. The van der Waals surface area contributed by atoms with E-state index in [0.717, 1.165) is 47.6 Å². The highest BCUT2D eigenvalue weighted by Crippen LogP contribution is 2.25. The lowest BCUT2D eigenvalue weighted by Crippen LogP contribution is -2.24. The molecule has 0 atom stereocenters. The lowest BCUT2D eigenvalue weighted by Gasteiger charge is -2.06. The lowest BCUT2D eigenvalue weighted by molar-refractivity contribution is 0.0953. The van der Waals surface area contributed by atoms with Gasteiger partial charge in [-0.3, -0.25) is 4.79 Å². The minimum absolute atomic E-state index is 0.0338. The molecule has 0 radical (unpaired) electrons. The van der Waals surface area contributed by atoms with Crippen LogP contribution < -0.4 is 10.1 Å². The molecule has 1 amide bonds. The Bertz CT molecular complexity index is 672. The SMILES string of the molecule is Cc1noc(C)c1CCCNC(=O)c1ccc2c(c1)CCO2. The van der Waals surface area contributed by atoms with E-state index in [2.05, 4.69) is 10.5 Å². The summed E-state index contributed by atoms with van der Waals surface area (Å²) < 4.78 is 10.6. The number of nitrogens with zero attached hydrogens (tertiary/aromatic N) is 1. The van der Waals surface area contributed by atoms with E-state index >= 15 is 0 Å². The molecular formula is C17H20N2O3. The van der Waals surface area contributed by atoms with Crippen molar-refractivity contribution in [1.82, 2.24) is 10.5 Å². The van der Waals surface area contributed by atoms with Crippen LogP contribution in [0.1, 0.15) is 39.4 Å². The number of rotatable bonds is 5. The van der Waals surface area contributed by atoms with E-state index in [-0.39, 0.29) is 5.91 Å². The zero-order valence-corrected chi connectivity index (χ0v) is 12.9. The molecule has 0 saturated heterocycles. The molecule has 1 aliphatic heterocycles. The van der Waals surface area contributed by atoms with Gasteiger partial charge in [0.25, 0.3) is 5.91 Å². The van der Waals surface area contributed by atoms with E-state index in [4.69, 9.17) is 9.26 Å². The first-order valence-electron chi connectivity index (χ1n) is 7.61. The Morgan fingerprint density at radius 3 is 3.00 bits per heavy atom. The van der Waals surface area contributed by atoms with Crippen molar-refractivity contribution in [2.75, 3.05) is 13.2 Å². The zero-order chi connectivity index (χ0) is 15.5. The molecule has 0 fully saturated rings. The molecule has 5 heteroatoms. The maximum Gasteiger partial charge on any atom is 0.251 e. The predicted molar refractivity (Wildman–Crippen MR) is 82.3 cm³/mol. The molecule has 1 N–H and O–H groups in total. The van der Waals surface area contributed by atoms with Crippen molar-refractivity contribution < 1.29 is 14.1 Å². The van der Waals surface area contributed by atoms with Crippen LogP contribution in [0.3, 0.4) is 0 Å². The summed E-state index contributed by atoms with van der Waals surface area (Å²) in [4.78, 5) is 12.2. The molecule has 5 nitrogen and oxygen atoms in total. The fourth-order valence-corrected chi connectivity index (χ4v) is 2.76. The van der Waals surface area contributed by atoms with Crippen molar-refractivity contribution >= 4 is 5.91 Å². The van der Waals surface area contributed by atoms with Crippen molar-refractivity contribution in [3.05, 3.63) is 46.3 Å². The third-order valence-corrected chi connectivity index (χ3v) is 4.02. The standard InChI is InChI=1S/C17H20N2O3/c1-11-15(12(2)22-19-11)4-3-8-18-17(20)14-5-6-16-13(10-14)7-9-21-16/h5-6,10H,3-4,7-9H2,1-2H3,(H,18,20). The van der Waals surface area contributed by atoms with Gasteiger partial charge in [0.2, 0.25) is 0 Å². The van der Waals surface area contributed by atoms with Crippen molar-refractivity contribution in [2.45, 2.75) is 33.1 Å². The highest BCUT2D eigenvalue weighted by Gasteiger charge is 2.15. The molecule has 1 aromatic carbocycles. The highest BCUT2D eigenvalue weighted by molar-refractivity contribution is 5.94. The van der Waals surface area contributed by atoms with Crippen LogP contribution in [-0.2, 0) is 12.8 Å². The summed E-state index contributed by atoms with van der Waals surface area (Å²) in [5.74, 6) is 1.73. The second-order valence-electron chi connectivity index (χ2n) is 5.58. The van der Waals surface area contributed by atoms with E-state index in [0.29, 0.717) is 18.7 Å². The van der Waals surface area contributed by atoms with Crippen molar-refractivity contribution in [1.29, 1.82) is 0 Å². The Morgan fingerprint density at radius 2 is 2.23 bits per heavy atom. The fraction of sp³-hybridized carbons (Fsp3) is 0.412. The van der Waals surface area contributed by atoms with Crippen LogP contribution in [0.4, 0.5) is 0 Å². The number of benzene rings is 1. The van der Waals surface area contributed by atoms with Crippen LogP contribution in [0.15, 0.2) is 22.7 Å². The molecule has 0 bridgehead atoms. The van der Waals surface area contributed by atoms with Gasteiger partial charge in [0, 0.05) is 24.1 Å². The van der Waals surface area contributed by atoms with Crippen molar-refractivity contribution in [2.24, 2.45) is 0 Å². The highest BCUT2D eigenvalue weighted by atomic mass is 16.5. The number of carbonyl (C=O) groups excluding carboxylic acids is 1. The summed E-state index contributed by atoms with van der Waals surface area (Å²) in [5.41, 5.74) is 3.89. The maximum atomic E-state index is 12.2. The average molecular weight is 300 g/mol. The summed E-state index contributed by atoms with van der Waals surface area (Å²) >= 11 is 0. The number of fused-ring (bicyclic) bond motifs is 1. The number of aromatic nitrogens is 1. The van der Waals surface area contributed by atoms with Gasteiger partial charge in [-0.05, 0) is 50.5 Å². The number of carbonyl (C=O) groups is 1. The Labute approximate surface area is 129 Å². The van der Waals surface area contributed by atoms with Gasteiger partial charge >= 0.3 is 0 Å². The minimum atomic E-state index is -0.0338. The number of nitrogens with one attached hydrogen (secondary N) is 1. The lowest BCUT2D eigenvalue weighted by atomic mass is 10.1. The first-order chi connectivity index (χ1) is 10.6. The van der Waals surface area contributed by atoms with E-state index in [9.17, 15) is 4.79 Å². The first-order valence-corrected chi connectivity index (χ1v) is 7.61. The van der Waals surface area contributed by atoms with Gasteiger partial charge in [-0.2, -0.15) is 0 Å². The zero-order valence-electron chi connectivity index (χ0n) is 12.9. The Balaban J connectivity index is 1.50. The van der Waals surface area contributed by atoms with Crippen molar-refractivity contribution in [3.8, 4) is 5.75 Å². The Morgan fingerprint density at radius 1 is 1.36 bits per heavy atom. The number of aryl methyl sites for hydroxylation is 2. The quantitative estimate of drug-likeness (QED) is 0.862. The monoisotopic (exact) mass is 300 g/mol. The second kappa shape index (κ2) is 6.22. The van der Waals surface area contributed by atoms with Crippen LogP contribution in [0.25, 0.3) is 0 Å². The average Bonchev–Trinajstić information content (AvgIpc) is 3.10. The summed E-state index contributed by atoms with van der Waals surface area (Å²) in [7, 11) is 0. The van der Waals surface area contributed by atoms with Crippen LogP contribution >= 0.6 is 0 Å². The van der Waals surface area contributed by atoms with Gasteiger partial charge in [0.05, 0.1) is 12.3 Å². The van der Waals surface area contributed by atoms with E-state index < -0.39 is 0 Å². The fourth-order valence-electron chi connectivity index (χ4n) is 2.76. The largest absolute Gasteiger partial charge is 0.493 e. The van der Waals surface area contributed by atoms with Gasteiger partial charge in [-0.25, -0.2) is 0 Å². The van der Waals surface area contributed by atoms with Crippen molar-refractivity contribution in [3.63, 3.8) is 0 Å². The van der Waals surface area contributed by atoms with E-state index in [1.807, 2.05) is 32.0 Å². The smallest absolute Gasteiger partial charge is 0.251 e. The molecule has 2 heterocycles. The predicted octanol–water partition coefficient (Wildman–Crippen LogP) is 2.59. The van der Waals surface area contributed by atoms with Gasteiger partial charge in [0.15, 0.2) is 0 Å². The van der Waals surface area contributed by atoms with Crippen LogP contribution in [-0.4, -0.2) is 24.2 Å². The number of hydrogen-bond donors (Lipinski definition) is 1. The summed E-state index contributed by atoms with van der Waals surface area (Å²) in [5, 5.41) is 6.90. The van der Waals surface area contributed by atoms with Gasteiger partial charge in [-0.15, -0.1) is 0 Å². The molecule has 22 heavy (non-hydrogen) atoms. The molecule has 1 aliphatic rings. The van der Waals surface area contributed by atoms with Gasteiger partial charge < -0.3 is 14.6 Å². The van der Waals surface area contributed by atoms with Crippen LogP contribution in [0, 0.1) is 13.8 Å². The number of hydrogen-bond acceptors (Lipinski definition) is 4. The van der Waals surface area contributed by atoms with E-state index in [1.165, 1.54) is 0 Å². The Kier molecular flexibility index (Phi) is 4.13. The van der Waals surface area contributed by atoms with Gasteiger partial charge in [0.1, 0.15) is 11.5 Å². The third-order valence-electron chi connectivity index (χ3n) is 4.02. The van der Waals surface area contributed by atoms with Crippen LogP contribution in [0.2, 0.25) is 0 Å². The number of amides is 1. The third kappa shape index (κ3) is 2.98.